The quantitative estimate of drug-likeness (QED) is 0.480. The summed E-state index contributed by atoms with van der Waals surface area (Å²) in [5.74, 6) is 0.675. The predicted molar refractivity (Wildman–Crippen MR) is 124 cm³/mol. The second kappa shape index (κ2) is 7.99. The molecule has 2 aromatic carbocycles. The molecule has 0 saturated carbocycles. The van der Waals surface area contributed by atoms with E-state index in [1.165, 1.54) is 0 Å². The van der Waals surface area contributed by atoms with Gasteiger partial charge in [0.1, 0.15) is 22.5 Å². The molecule has 0 amide bonds. The highest BCUT2D eigenvalue weighted by molar-refractivity contribution is 7.21. The molecule has 0 saturated heterocycles. The van der Waals surface area contributed by atoms with Crippen LogP contribution >= 0.6 is 11.3 Å². The molecule has 0 aliphatic carbocycles. The van der Waals surface area contributed by atoms with Crippen molar-refractivity contribution in [2.24, 2.45) is 0 Å². The second-order valence-electron chi connectivity index (χ2n) is 8.39. The minimum Gasteiger partial charge on any atom is -0.485 e. The van der Waals surface area contributed by atoms with Gasteiger partial charge < -0.3 is 15.2 Å². The molecule has 0 spiro atoms. The lowest BCUT2D eigenvalue weighted by molar-refractivity contribution is -0.0649. The number of ether oxygens (including phenoxy) is 1. The van der Waals surface area contributed by atoms with Gasteiger partial charge in [-0.05, 0) is 55.8 Å². The number of hydrogen-bond donors (Lipinski definition) is 2. The van der Waals surface area contributed by atoms with Crippen LogP contribution in [0.4, 0.5) is 0 Å². The number of nitrogens with one attached hydrogen (secondary N) is 1. The van der Waals surface area contributed by atoms with Crippen LogP contribution in [-0.4, -0.2) is 26.8 Å². The molecule has 0 fully saturated rings. The van der Waals surface area contributed by atoms with Crippen LogP contribution < -0.4 is 10.1 Å². The Labute approximate surface area is 190 Å². The Kier molecular flexibility index (Phi) is 5.14. The van der Waals surface area contributed by atoms with E-state index in [4.69, 9.17) is 9.72 Å². The maximum Gasteiger partial charge on any atom is 0.131 e. The van der Waals surface area contributed by atoms with Crippen molar-refractivity contribution in [2.75, 3.05) is 0 Å². The van der Waals surface area contributed by atoms with Gasteiger partial charge in [0.15, 0.2) is 0 Å². The van der Waals surface area contributed by atoms with Gasteiger partial charge in [-0.2, -0.15) is 5.26 Å². The summed E-state index contributed by atoms with van der Waals surface area (Å²) in [6.45, 7) is 4.21. The number of thiazole rings is 1. The molecule has 2 aromatic heterocycles. The second-order valence-corrected chi connectivity index (χ2v) is 9.42. The average Bonchev–Trinajstić information content (AvgIpc) is 3.23. The summed E-state index contributed by atoms with van der Waals surface area (Å²) in [6, 6.07) is 17.1. The summed E-state index contributed by atoms with van der Waals surface area (Å²) >= 11 is 1.65. The molecule has 7 heteroatoms. The van der Waals surface area contributed by atoms with Gasteiger partial charge >= 0.3 is 0 Å². The number of fused-ring (bicyclic) bond motifs is 2. The minimum absolute atomic E-state index is 0.398. The number of pyridine rings is 1. The van der Waals surface area contributed by atoms with Gasteiger partial charge in [-0.15, -0.1) is 11.3 Å². The highest BCUT2D eigenvalue weighted by Crippen LogP contribution is 2.40. The molecule has 2 N–H and O–H groups in total. The van der Waals surface area contributed by atoms with E-state index in [0.29, 0.717) is 17.9 Å². The van der Waals surface area contributed by atoms with Crippen LogP contribution in [0.2, 0.25) is 0 Å². The Hall–Kier alpha value is -3.31. The van der Waals surface area contributed by atoms with Crippen LogP contribution in [0.3, 0.4) is 0 Å². The van der Waals surface area contributed by atoms with Crippen molar-refractivity contribution in [3.05, 3.63) is 77.6 Å². The highest BCUT2D eigenvalue weighted by Gasteiger charge is 2.42. The largest absolute Gasteiger partial charge is 0.485 e. The van der Waals surface area contributed by atoms with Crippen molar-refractivity contribution < 1.29 is 9.84 Å². The van der Waals surface area contributed by atoms with E-state index in [1.807, 2.05) is 44.3 Å². The number of benzene rings is 2. The van der Waals surface area contributed by atoms with E-state index in [1.54, 1.807) is 35.7 Å². The van der Waals surface area contributed by atoms with Gasteiger partial charge in [0.2, 0.25) is 0 Å². The van der Waals surface area contributed by atoms with Crippen molar-refractivity contribution in [3.63, 3.8) is 0 Å². The molecular formula is C25H22N4O2S. The number of aromatic nitrogens is 2. The summed E-state index contributed by atoms with van der Waals surface area (Å²) in [4.78, 5) is 9.11. The molecule has 2 atom stereocenters. The number of hydrogen-bond acceptors (Lipinski definition) is 7. The zero-order chi connectivity index (χ0) is 22.3. The average molecular weight is 443 g/mol. The normalized spacial score (nSPS) is 19.2. The highest BCUT2D eigenvalue weighted by atomic mass is 32.1. The zero-order valence-electron chi connectivity index (χ0n) is 17.7. The first-order chi connectivity index (χ1) is 15.5. The molecule has 32 heavy (non-hydrogen) atoms. The fourth-order valence-corrected chi connectivity index (χ4v) is 5.10. The first kappa shape index (κ1) is 20.6. The lowest BCUT2D eigenvalue weighted by Crippen LogP contribution is -2.52. The fourth-order valence-electron chi connectivity index (χ4n) is 4.07. The first-order valence-electron chi connectivity index (χ1n) is 10.4. The Morgan fingerprint density at radius 2 is 2.06 bits per heavy atom. The van der Waals surface area contributed by atoms with Gasteiger partial charge in [-0.3, -0.25) is 4.98 Å². The predicted octanol–water partition coefficient (Wildman–Crippen LogP) is 4.59. The molecule has 0 radical (unpaired) electrons. The van der Waals surface area contributed by atoms with Crippen LogP contribution in [0.15, 0.2) is 60.9 Å². The topological polar surface area (TPSA) is 91.1 Å². The number of nitrogens with zero attached hydrogens (tertiary/aromatic N) is 3. The Balaban J connectivity index is 1.48. The maximum atomic E-state index is 11.1. The van der Waals surface area contributed by atoms with Crippen molar-refractivity contribution in [2.45, 2.75) is 38.1 Å². The number of rotatable bonds is 4. The van der Waals surface area contributed by atoms with E-state index in [-0.39, 0.29) is 0 Å². The lowest BCUT2D eigenvalue weighted by Gasteiger charge is -2.42. The van der Waals surface area contributed by atoms with Gasteiger partial charge in [0, 0.05) is 30.1 Å². The number of para-hydroxylation sites is 1. The van der Waals surface area contributed by atoms with Crippen LogP contribution in [-0.2, 0) is 6.54 Å². The molecule has 0 bridgehead atoms. The smallest absolute Gasteiger partial charge is 0.131 e. The lowest BCUT2D eigenvalue weighted by atomic mass is 9.86. The van der Waals surface area contributed by atoms with Gasteiger partial charge in [-0.1, -0.05) is 12.1 Å². The molecule has 160 valence electrons. The van der Waals surface area contributed by atoms with E-state index in [2.05, 4.69) is 22.4 Å². The van der Waals surface area contributed by atoms with Crippen molar-refractivity contribution in [1.82, 2.24) is 15.3 Å². The fraction of sp³-hybridized carbons (Fsp3) is 0.240. The van der Waals surface area contributed by atoms with Gasteiger partial charge in [0.05, 0.1) is 27.9 Å². The third-order valence-electron chi connectivity index (χ3n) is 5.82. The third-order valence-corrected chi connectivity index (χ3v) is 6.88. The summed E-state index contributed by atoms with van der Waals surface area (Å²) in [5.41, 5.74) is 3.51. The summed E-state index contributed by atoms with van der Waals surface area (Å²) in [7, 11) is 0. The van der Waals surface area contributed by atoms with Crippen molar-refractivity contribution in [1.29, 1.82) is 5.26 Å². The zero-order valence-corrected chi connectivity index (χ0v) is 18.6. The summed E-state index contributed by atoms with van der Waals surface area (Å²) in [5, 5.41) is 24.8. The first-order valence-corrected chi connectivity index (χ1v) is 11.2. The molecule has 5 rings (SSSR count). The standard InChI is InChI=1S/C25H22N4O2S/c1-25(2)23(30)22(18-11-15(12-26)7-8-20(18)31-25)28-14-16-13-27-10-9-17(16)24-29-19-5-3-4-6-21(19)32-24/h3-11,13,22-23,28,30H,14H2,1-2H3/t22-,23+/m0/s1. The summed E-state index contributed by atoms with van der Waals surface area (Å²) < 4.78 is 7.16. The monoisotopic (exact) mass is 442 g/mol. The Morgan fingerprint density at radius 1 is 1.22 bits per heavy atom. The van der Waals surface area contributed by atoms with Crippen molar-refractivity contribution >= 4 is 21.6 Å². The molecular weight excluding hydrogens is 420 g/mol. The molecule has 0 unspecified atom stereocenters. The third kappa shape index (κ3) is 3.63. The van der Waals surface area contributed by atoms with Crippen LogP contribution in [0, 0.1) is 11.3 Å². The van der Waals surface area contributed by atoms with E-state index >= 15 is 0 Å². The van der Waals surface area contributed by atoms with Gasteiger partial charge in [-0.25, -0.2) is 4.98 Å². The molecule has 6 nitrogen and oxygen atoms in total. The van der Waals surface area contributed by atoms with Crippen molar-refractivity contribution in [3.8, 4) is 22.4 Å². The van der Waals surface area contributed by atoms with E-state index in [9.17, 15) is 10.4 Å². The number of aliphatic hydroxyl groups excluding tert-OH is 1. The molecule has 3 heterocycles. The molecule has 4 aromatic rings. The Morgan fingerprint density at radius 3 is 2.88 bits per heavy atom. The minimum atomic E-state index is -0.800. The van der Waals surface area contributed by atoms with Crippen LogP contribution in [0.5, 0.6) is 5.75 Å². The van der Waals surface area contributed by atoms with Gasteiger partial charge in [0.25, 0.3) is 0 Å². The molecule has 1 aliphatic rings. The van der Waals surface area contributed by atoms with E-state index in [0.717, 1.165) is 31.9 Å². The van der Waals surface area contributed by atoms with Crippen LogP contribution in [0.25, 0.3) is 20.8 Å². The molecule has 1 aliphatic heterocycles. The van der Waals surface area contributed by atoms with E-state index < -0.39 is 17.7 Å². The van der Waals surface area contributed by atoms with Crippen LogP contribution in [0.1, 0.15) is 36.6 Å². The SMILES string of the molecule is CC1(C)Oc2ccc(C#N)cc2[C@H](NCc2cnccc2-c2nc3ccccc3s2)[C@H]1O. The number of nitriles is 1. The summed E-state index contributed by atoms with van der Waals surface area (Å²) in [6.07, 6.45) is 2.80. The number of aliphatic hydroxyl groups is 1. The maximum absolute atomic E-state index is 11.1. The Bertz CT molecular complexity index is 1310.